The number of hydrogen-bond acceptors (Lipinski definition) is 5. The van der Waals surface area contributed by atoms with E-state index in [1.165, 1.54) is 129 Å². The molecule has 1 spiro atoms. The highest BCUT2D eigenvalue weighted by molar-refractivity contribution is 7.33. The molecule has 4 nitrogen and oxygen atoms in total. The van der Waals surface area contributed by atoms with Crippen molar-refractivity contribution in [3.05, 3.63) is 239 Å². The third kappa shape index (κ3) is 8.07. The van der Waals surface area contributed by atoms with Crippen molar-refractivity contribution >= 4 is 117 Å². The summed E-state index contributed by atoms with van der Waals surface area (Å²) in [5, 5.41) is 3.68. The van der Waals surface area contributed by atoms with Gasteiger partial charge in [0.05, 0.1) is 17.1 Å². The molecule has 6 aliphatic rings. The van der Waals surface area contributed by atoms with Gasteiger partial charge < -0.3 is 19.1 Å². The Morgan fingerprint density at radius 2 is 1.20 bits per heavy atom. The van der Waals surface area contributed by atoms with Crippen LogP contribution < -0.4 is 30.4 Å². The largest absolute Gasteiger partial charge is 0.454 e. The Hall–Kier alpha value is -8.58. The van der Waals surface area contributed by atoms with Crippen LogP contribution in [-0.2, 0) is 27.1 Å². The molecular weight excluding hydrogens is 1170 g/mol. The first-order chi connectivity index (χ1) is 45.4. The number of hydrogen-bond donors (Lipinski definition) is 0. The second kappa shape index (κ2) is 19.8. The lowest BCUT2D eigenvalue weighted by Crippen LogP contribution is -2.60. The van der Waals surface area contributed by atoms with E-state index in [0.29, 0.717) is 5.92 Å². The zero-order chi connectivity index (χ0) is 65.4. The Kier molecular flexibility index (Phi) is 12.3. The van der Waals surface area contributed by atoms with E-state index in [2.05, 4.69) is 312 Å². The molecule has 6 heteroatoms. The number of furan rings is 1. The van der Waals surface area contributed by atoms with Crippen LogP contribution in [0.2, 0.25) is 0 Å². The van der Waals surface area contributed by atoms with Crippen LogP contribution in [0.5, 0.6) is 0 Å². The first kappa shape index (κ1) is 59.0. The third-order valence-electron chi connectivity index (χ3n) is 25.1. The van der Waals surface area contributed by atoms with Crippen LogP contribution in [-0.4, -0.2) is 6.71 Å². The number of fused-ring (bicyclic) bond motifs is 18. The molecule has 3 atom stereocenters. The summed E-state index contributed by atoms with van der Waals surface area (Å²) in [5.41, 5.74) is 30.0. The highest BCUT2D eigenvalue weighted by Gasteiger charge is 2.71. The number of para-hydroxylation sites is 2. The number of nitrogens with zero attached hydrogens (tertiary/aromatic N) is 3. The lowest BCUT2D eigenvalue weighted by Gasteiger charge is -2.48. The predicted octanol–water partition coefficient (Wildman–Crippen LogP) is 23.4. The third-order valence-corrected chi connectivity index (χ3v) is 26.3. The first-order valence-electron chi connectivity index (χ1n) is 35.1. The number of thiophene rings is 1. The molecule has 0 amide bonds. The van der Waals surface area contributed by atoms with Crippen molar-refractivity contribution < 1.29 is 4.42 Å². The molecule has 3 unspecified atom stereocenters. The van der Waals surface area contributed by atoms with Gasteiger partial charge in [-0.25, -0.2) is 0 Å². The Morgan fingerprint density at radius 3 is 1.92 bits per heavy atom. The SMILES string of the molecule is Cc1cc2c3c(c1)N(c1ccc(C(C)(C)C)c4c1oc1ccccc14)c1cc(N(c4ccc(C(C)(C)C)cc4)c4ccccc4-c4ccccc4)ccc1B3c1sc3cc4c(cc3c1N2c1ccc2c(c1)C1(CC3CCC1(C)C3(C)C)c1ccccc1-2)C(C)(C)CCC4(C)C. The summed E-state index contributed by atoms with van der Waals surface area (Å²) in [7, 11) is 0. The van der Waals surface area contributed by atoms with Gasteiger partial charge in [-0.3, -0.25) is 0 Å². The van der Waals surface area contributed by atoms with Crippen molar-refractivity contribution in [1.29, 1.82) is 0 Å². The van der Waals surface area contributed by atoms with Gasteiger partial charge in [-0.15, -0.1) is 11.3 Å². The number of rotatable bonds is 6. The van der Waals surface area contributed by atoms with Crippen LogP contribution in [0.4, 0.5) is 51.2 Å². The van der Waals surface area contributed by atoms with Gasteiger partial charge in [0.25, 0.3) is 6.71 Å². The molecule has 12 aromatic rings. The van der Waals surface area contributed by atoms with Gasteiger partial charge in [0.1, 0.15) is 5.58 Å². The summed E-state index contributed by atoms with van der Waals surface area (Å²) in [6.07, 6.45) is 6.04. The molecule has 2 bridgehead atoms. The van der Waals surface area contributed by atoms with Gasteiger partial charge in [-0.05, 0) is 223 Å². The minimum Gasteiger partial charge on any atom is -0.454 e. The van der Waals surface area contributed by atoms with Gasteiger partial charge in [0, 0.05) is 70.7 Å². The second-order valence-corrected chi connectivity index (χ2v) is 34.5. The Morgan fingerprint density at radius 1 is 0.537 bits per heavy atom. The smallest absolute Gasteiger partial charge is 0.264 e. The normalized spacial score (nSPS) is 20.7. The van der Waals surface area contributed by atoms with Crippen LogP contribution in [0.1, 0.15) is 161 Å². The summed E-state index contributed by atoms with van der Waals surface area (Å²) in [5.74, 6) is 0.655. The van der Waals surface area contributed by atoms with E-state index in [4.69, 9.17) is 4.42 Å². The van der Waals surface area contributed by atoms with E-state index in [0.717, 1.165) is 57.8 Å². The molecule has 18 rings (SSSR count). The Labute approximate surface area is 566 Å². The van der Waals surface area contributed by atoms with Crippen LogP contribution >= 0.6 is 11.3 Å². The fourth-order valence-corrected chi connectivity index (χ4v) is 21.0. The van der Waals surface area contributed by atoms with Gasteiger partial charge in [0.2, 0.25) is 0 Å². The molecule has 0 radical (unpaired) electrons. The first-order valence-corrected chi connectivity index (χ1v) is 35.9. The second-order valence-electron chi connectivity index (χ2n) is 33.4. The molecule has 2 aromatic heterocycles. The Balaban J connectivity index is 0.949. The predicted molar refractivity (Wildman–Crippen MR) is 406 cm³/mol. The zero-order valence-electron chi connectivity index (χ0n) is 57.9. The fraction of sp³-hybridized carbons (Fsp3) is 0.303. The van der Waals surface area contributed by atoms with Gasteiger partial charge in [-0.1, -0.05) is 211 Å². The zero-order valence-corrected chi connectivity index (χ0v) is 58.7. The monoisotopic (exact) mass is 1260 g/mol. The number of aryl methyl sites for hydroxylation is 1. The minimum absolute atomic E-state index is 0.0148. The van der Waals surface area contributed by atoms with E-state index in [1.807, 2.05) is 11.3 Å². The highest BCUT2D eigenvalue weighted by atomic mass is 32.1. The topological polar surface area (TPSA) is 22.9 Å². The number of benzene rings is 10. The molecule has 2 fully saturated rings. The van der Waals surface area contributed by atoms with Gasteiger partial charge in [-0.2, -0.15) is 0 Å². The molecule has 2 saturated carbocycles. The molecule has 95 heavy (non-hydrogen) atoms. The van der Waals surface area contributed by atoms with Crippen molar-refractivity contribution in [2.24, 2.45) is 16.7 Å². The van der Waals surface area contributed by atoms with Crippen LogP contribution in [0.25, 0.3) is 54.3 Å². The summed E-state index contributed by atoms with van der Waals surface area (Å²) < 4.78 is 10.2. The van der Waals surface area contributed by atoms with Crippen LogP contribution in [0.15, 0.2) is 205 Å². The fourth-order valence-electron chi connectivity index (χ4n) is 19.6. The van der Waals surface area contributed by atoms with E-state index in [9.17, 15) is 0 Å². The lowest BCUT2D eigenvalue weighted by atomic mass is 9.36. The van der Waals surface area contributed by atoms with Crippen LogP contribution in [0.3, 0.4) is 0 Å². The maximum Gasteiger partial charge on any atom is 0.264 e. The molecule has 0 N–H and O–H groups in total. The molecule has 0 saturated heterocycles. The maximum absolute atomic E-state index is 7.42. The summed E-state index contributed by atoms with van der Waals surface area (Å²) in [4.78, 5) is 7.93. The minimum atomic E-state index is -0.165. The van der Waals surface area contributed by atoms with E-state index < -0.39 is 0 Å². The summed E-state index contributed by atoms with van der Waals surface area (Å²) >= 11 is 2.05. The van der Waals surface area contributed by atoms with Crippen molar-refractivity contribution in [1.82, 2.24) is 0 Å². The molecule has 4 aliphatic carbocycles. The van der Waals surface area contributed by atoms with Crippen molar-refractivity contribution in [2.75, 3.05) is 14.7 Å². The standard InChI is InChI=1S/C89H86BN3OS/c1-53-46-74-79-75(47-53)93(72-41-39-66(84(5,6)7)78-63-28-20-23-31-76(63)94-81(72)78)73-49-59(91(57-34-32-55(33-35-57)83(2,3)4)71-30-22-19-26-60(71)54-24-16-15-17-25-54)37-40-70(73)90(79)82-80(64-50-68-69(51-77(64)95-82)86(10,11)45-44-85(68,8)9)92(74)58-36-38-62-61-27-18-21-29-65(61)89(67(62)48-58)52-56-42-43-88(89,14)87(56,12)13/h15-41,46-51,56H,42-45,52H2,1-14H3. The average Bonchev–Trinajstić information content (AvgIpc) is 1.51. The van der Waals surface area contributed by atoms with Crippen molar-refractivity contribution in [3.63, 3.8) is 0 Å². The van der Waals surface area contributed by atoms with E-state index >= 15 is 0 Å². The van der Waals surface area contributed by atoms with Gasteiger partial charge >= 0.3 is 0 Å². The van der Waals surface area contributed by atoms with Crippen molar-refractivity contribution in [3.8, 4) is 22.3 Å². The maximum atomic E-state index is 7.42. The highest BCUT2D eigenvalue weighted by Crippen LogP contribution is 2.78. The van der Waals surface area contributed by atoms with E-state index in [1.54, 1.807) is 5.56 Å². The summed E-state index contributed by atoms with van der Waals surface area (Å²) in [6.45, 7) is 34.1. The number of anilines is 9. The lowest BCUT2D eigenvalue weighted by molar-refractivity contribution is 0.0990. The molecule has 472 valence electrons. The van der Waals surface area contributed by atoms with Crippen LogP contribution in [0, 0.1) is 23.7 Å². The average molecular weight is 1260 g/mol. The molecule has 4 heterocycles. The van der Waals surface area contributed by atoms with Gasteiger partial charge in [0.15, 0.2) is 5.58 Å². The van der Waals surface area contributed by atoms with E-state index in [-0.39, 0.29) is 44.6 Å². The molecule has 2 aliphatic heterocycles. The quantitative estimate of drug-likeness (QED) is 0.155. The Bertz CT molecular complexity index is 5240. The molecular formula is C89H86BN3OS. The molecule has 10 aromatic carbocycles. The van der Waals surface area contributed by atoms with Crippen molar-refractivity contribution in [2.45, 2.75) is 156 Å². The summed E-state index contributed by atoms with van der Waals surface area (Å²) in [6, 6.07) is 77.9.